The van der Waals surface area contributed by atoms with Gasteiger partial charge in [0, 0.05) is 47.9 Å². The summed E-state index contributed by atoms with van der Waals surface area (Å²) in [5.74, 6) is -6.98. The minimum Gasteiger partial charge on any atom is -0.508 e. The number of benzene rings is 6. The molecule has 22 heteroatoms. The van der Waals surface area contributed by atoms with Crippen LogP contribution in [-0.2, 0) is 64.0 Å². The first-order chi connectivity index (χ1) is 40.8. The average Bonchev–Trinajstić information content (AvgIpc) is 4.20. The fourth-order valence-corrected chi connectivity index (χ4v) is 10.4. The van der Waals surface area contributed by atoms with Gasteiger partial charge in [-0.1, -0.05) is 129 Å². The van der Waals surface area contributed by atoms with Crippen LogP contribution in [0.1, 0.15) is 55.4 Å². The maximum absolute atomic E-state index is 14.9. The summed E-state index contributed by atoms with van der Waals surface area (Å²) >= 11 is 8.71. The SMILES string of the molecule is CC(C)[C@H](NC(=O)[C@@H](CCCCN)NC(=O)[C@H](Cc1c[nH]c2ccccc12)NC(=O)[C@@H](Cc1ccc(O)cc1)NC(=O)[C@H](CS)NC(=O)[C@H](N)Cc1ccc2ccccc2c1)C(=O)N[C@@H](CS)C(=O)N[C@@H](Cc1ccc2ccccc2c1)C(N)=O. The lowest BCUT2D eigenvalue weighted by molar-refractivity contribution is -0.136. The summed E-state index contributed by atoms with van der Waals surface area (Å²) in [5.41, 5.74) is 21.5. The highest BCUT2D eigenvalue weighted by Crippen LogP contribution is 2.22. The number of para-hydroxylation sites is 1. The van der Waals surface area contributed by atoms with E-state index in [2.05, 4.69) is 67.5 Å². The van der Waals surface area contributed by atoms with Crippen molar-refractivity contribution in [2.75, 3.05) is 18.1 Å². The molecule has 0 saturated heterocycles. The Balaban J connectivity index is 1.08. The fourth-order valence-electron chi connectivity index (χ4n) is 9.91. The number of fused-ring (bicyclic) bond motifs is 3. The molecule has 15 N–H and O–H groups in total. The number of hydrogen-bond acceptors (Lipinski definition) is 13. The first-order valence-electron chi connectivity index (χ1n) is 28.2. The third kappa shape index (κ3) is 18.0. The van der Waals surface area contributed by atoms with Crippen LogP contribution in [0.3, 0.4) is 0 Å². The number of nitrogens with one attached hydrogen (secondary N) is 8. The van der Waals surface area contributed by atoms with Gasteiger partial charge in [0.25, 0.3) is 0 Å². The number of hydrogen-bond donors (Lipinski definition) is 14. The molecular weight excluding hydrogens is 1120 g/mol. The number of aromatic hydroxyl groups is 1. The molecule has 8 atom stereocenters. The zero-order valence-electron chi connectivity index (χ0n) is 47.4. The van der Waals surface area contributed by atoms with E-state index < -0.39 is 102 Å². The van der Waals surface area contributed by atoms with Gasteiger partial charge in [-0.05, 0) is 100 Å². The molecule has 0 unspecified atom stereocenters. The average molecular weight is 1190 g/mol. The molecule has 7 rings (SSSR count). The molecule has 0 fully saturated rings. The van der Waals surface area contributed by atoms with Crippen molar-refractivity contribution in [1.82, 2.24) is 42.2 Å². The van der Waals surface area contributed by atoms with Crippen LogP contribution in [0, 0.1) is 5.92 Å². The van der Waals surface area contributed by atoms with E-state index in [0.717, 1.165) is 43.6 Å². The number of thiol groups is 2. The second kappa shape index (κ2) is 30.9. The first kappa shape index (κ1) is 64.1. The number of aromatic nitrogens is 1. The molecule has 6 aromatic carbocycles. The molecule has 7 aromatic rings. The van der Waals surface area contributed by atoms with Crippen molar-refractivity contribution in [3.8, 4) is 5.75 Å². The van der Waals surface area contributed by atoms with E-state index in [1.54, 1.807) is 32.2 Å². The van der Waals surface area contributed by atoms with Crippen LogP contribution >= 0.6 is 25.3 Å². The van der Waals surface area contributed by atoms with Crippen molar-refractivity contribution in [3.05, 3.63) is 162 Å². The highest BCUT2D eigenvalue weighted by atomic mass is 32.1. The molecule has 1 aromatic heterocycles. The summed E-state index contributed by atoms with van der Waals surface area (Å²) in [6, 6.07) is 30.1. The zero-order chi connectivity index (χ0) is 61.2. The van der Waals surface area contributed by atoms with Gasteiger partial charge in [-0.25, -0.2) is 0 Å². The quantitative estimate of drug-likeness (QED) is 0.0229. The van der Waals surface area contributed by atoms with Crippen molar-refractivity contribution in [2.45, 2.75) is 107 Å². The largest absolute Gasteiger partial charge is 0.508 e. The number of phenolic OH excluding ortho intramolecular Hbond substituents is 1. The number of carbonyl (C=O) groups is 8. The molecule has 8 amide bonds. The van der Waals surface area contributed by atoms with Crippen molar-refractivity contribution >= 4 is 105 Å². The Morgan fingerprint density at radius 2 is 0.953 bits per heavy atom. The number of nitrogens with two attached hydrogens (primary N) is 3. The predicted octanol–water partition coefficient (Wildman–Crippen LogP) is 3.30. The van der Waals surface area contributed by atoms with Crippen LogP contribution in [0.15, 0.2) is 140 Å². The number of unbranched alkanes of at least 4 members (excludes halogenated alkanes) is 1. The molecule has 0 radical (unpaired) electrons. The van der Waals surface area contributed by atoms with Gasteiger partial charge in [0.1, 0.15) is 48.0 Å². The summed E-state index contributed by atoms with van der Waals surface area (Å²) in [4.78, 5) is 116. The number of phenols is 1. The van der Waals surface area contributed by atoms with Crippen LogP contribution in [0.2, 0.25) is 0 Å². The van der Waals surface area contributed by atoms with Gasteiger partial charge in [-0.2, -0.15) is 25.3 Å². The molecule has 0 bridgehead atoms. The number of rotatable bonds is 30. The Bertz CT molecular complexity index is 3490. The van der Waals surface area contributed by atoms with E-state index in [-0.39, 0.29) is 55.9 Å². The van der Waals surface area contributed by atoms with Crippen molar-refractivity contribution in [3.63, 3.8) is 0 Å². The minimum atomic E-state index is -1.39. The highest BCUT2D eigenvalue weighted by Gasteiger charge is 2.35. The van der Waals surface area contributed by atoms with Crippen molar-refractivity contribution in [2.24, 2.45) is 23.1 Å². The molecule has 1 heterocycles. The molecule has 0 spiro atoms. The van der Waals surface area contributed by atoms with Gasteiger partial charge < -0.3 is 64.5 Å². The first-order valence-corrected chi connectivity index (χ1v) is 29.5. The second-order valence-electron chi connectivity index (χ2n) is 21.5. The van der Waals surface area contributed by atoms with Crippen LogP contribution in [0.4, 0.5) is 0 Å². The fraction of sp³-hybridized carbons (Fsp3) is 0.333. The Morgan fingerprint density at radius 1 is 0.494 bits per heavy atom. The van der Waals surface area contributed by atoms with Crippen LogP contribution in [-0.4, -0.2) is 124 Å². The third-order valence-electron chi connectivity index (χ3n) is 14.7. The molecule has 0 aliphatic heterocycles. The van der Waals surface area contributed by atoms with Crippen LogP contribution in [0.5, 0.6) is 5.75 Å². The van der Waals surface area contributed by atoms with Gasteiger partial charge in [0.05, 0.1) is 6.04 Å². The highest BCUT2D eigenvalue weighted by molar-refractivity contribution is 7.80. The van der Waals surface area contributed by atoms with E-state index in [9.17, 15) is 43.5 Å². The smallest absolute Gasteiger partial charge is 0.244 e. The Labute approximate surface area is 504 Å². The molecule has 20 nitrogen and oxygen atoms in total. The Hall–Kier alpha value is -8.44. The van der Waals surface area contributed by atoms with E-state index in [1.165, 1.54) is 12.1 Å². The maximum atomic E-state index is 14.9. The van der Waals surface area contributed by atoms with E-state index in [1.807, 2.05) is 109 Å². The second-order valence-corrected chi connectivity index (χ2v) is 22.2. The molecule has 0 saturated carbocycles. The van der Waals surface area contributed by atoms with Gasteiger partial charge in [-0.15, -0.1) is 0 Å². The summed E-state index contributed by atoms with van der Waals surface area (Å²) in [6.45, 7) is 3.64. The van der Waals surface area contributed by atoms with Gasteiger partial charge in [0.15, 0.2) is 0 Å². The Morgan fingerprint density at radius 3 is 1.52 bits per heavy atom. The number of aromatic amines is 1. The zero-order valence-corrected chi connectivity index (χ0v) is 49.2. The lowest BCUT2D eigenvalue weighted by atomic mass is 9.99. The third-order valence-corrected chi connectivity index (χ3v) is 15.4. The van der Waals surface area contributed by atoms with E-state index in [0.29, 0.717) is 24.0 Å². The molecule has 0 aliphatic carbocycles. The van der Waals surface area contributed by atoms with E-state index >= 15 is 0 Å². The topological polar surface area (TPSA) is 335 Å². The standard InChI is InChI=1S/C63H75N11O9S2/c1-36(2)55(63(83)73-54(35-85)61(81)69-50(56(66)76)31-39-19-23-41-12-4-6-14-43(41)28-39)74-58(78)49(17-9-10-26-64)68-60(80)52(32-44-33-67-48-16-8-7-15-46(44)48)71-59(79)51(30-37-20-24-45(75)25-21-37)70-62(82)53(34-84)72-57(77)47(65)29-38-18-22-40-11-3-5-13-42(40)27-38/h3-8,11-16,18-25,27-28,33,36,47,49-55,67,75,84-85H,9-10,17,26,29-32,34-35,64-65H2,1-2H3,(H2,66,76)(H,68,80)(H,69,81)(H,70,82)(H,71,79)(H,72,77)(H,73,83)(H,74,78)/t47-,49-,50+,51-,52+,53+,54+,55+/m1/s1. The summed E-state index contributed by atoms with van der Waals surface area (Å²) in [5, 5.41) is 33.9. The maximum Gasteiger partial charge on any atom is 0.244 e. The number of H-pyrrole nitrogens is 1. The molecule has 85 heavy (non-hydrogen) atoms. The monoisotopic (exact) mass is 1190 g/mol. The normalized spacial score (nSPS) is 14.2. The minimum absolute atomic E-state index is 0.0409. The number of amides is 8. The van der Waals surface area contributed by atoms with Gasteiger partial charge in [-0.3, -0.25) is 38.4 Å². The lowest BCUT2D eigenvalue weighted by Gasteiger charge is -2.29. The molecular formula is C63H75N11O9S2. The summed E-state index contributed by atoms with van der Waals surface area (Å²) in [7, 11) is 0. The van der Waals surface area contributed by atoms with Gasteiger partial charge >= 0.3 is 0 Å². The Kier molecular flexibility index (Phi) is 23.3. The van der Waals surface area contributed by atoms with Crippen molar-refractivity contribution < 1.29 is 43.5 Å². The molecule has 0 aliphatic rings. The van der Waals surface area contributed by atoms with E-state index in [4.69, 9.17) is 17.2 Å². The van der Waals surface area contributed by atoms with Gasteiger partial charge in [0.2, 0.25) is 47.3 Å². The number of primary amides is 1. The van der Waals surface area contributed by atoms with Crippen LogP contribution < -0.4 is 54.4 Å². The summed E-state index contributed by atoms with van der Waals surface area (Å²) < 4.78 is 0. The number of carbonyl (C=O) groups excluding carboxylic acids is 8. The lowest BCUT2D eigenvalue weighted by Crippen LogP contribution is -2.61. The molecule has 448 valence electrons. The van der Waals surface area contributed by atoms with Crippen molar-refractivity contribution in [1.29, 1.82) is 0 Å². The predicted molar refractivity (Wildman–Crippen MR) is 335 cm³/mol. The summed E-state index contributed by atoms with van der Waals surface area (Å²) in [6.07, 6.45) is 2.60. The van der Waals surface area contributed by atoms with Crippen LogP contribution in [0.25, 0.3) is 32.4 Å².